The summed E-state index contributed by atoms with van der Waals surface area (Å²) in [5, 5.41) is 26.5. The van der Waals surface area contributed by atoms with E-state index < -0.39 is 24.8 Å². The predicted molar refractivity (Wildman–Crippen MR) is 133 cm³/mol. The quantitative estimate of drug-likeness (QED) is 0.238. The zero-order chi connectivity index (χ0) is 25.1. The first-order chi connectivity index (χ1) is 17.5. The molecule has 0 saturated heterocycles. The van der Waals surface area contributed by atoms with Crippen molar-refractivity contribution in [1.29, 1.82) is 0 Å². The number of carbonyl (C=O) groups excluding carboxylic acids is 1. The molecule has 5 N–H and O–H groups in total. The van der Waals surface area contributed by atoms with Gasteiger partial charge in [-0.1, -0.05) is 30.3 Å². The van der Waals surface area contributed by atoms with Crippen molar-refractivity contribution < 1.29 is 19.7 Å². The van der Waals surface area contributed by atoms with Gasteiger partial charge in [0, 0.05) is 30.0 Å². The summed E-state index contributed by atoms with van der Waals surface area (Å²) in [4.78, 5) is 24.8. The minimum absolute atomic E-state index is 0.0892. The molecule has 0 fully saturated rings. The van der Waals surface area contributed by atoms with E-state index in [4.69, 9.17) is 9.72 Å². The number of hydrogen-bond donors (Lipinski definition) is 5. The molecule has 10 nitrogen and oxygen atoms in total. The number of allylic oxidation sites excluding steroid dienone is 1. The van der Waals surface area contributed by atoms with Gasteiger partial charge in [-0.2, -0.15) is 0 Å². The third kappa shape index (κ3) is 4.72. The molecule has 0 bridgehead atoms. The average Bonchev–Trinajstić information content (AvgIpc) is 3.57. The SMILES string of the molecule is Cc1cc(-n2ccnc2)cc2[nH]c(C3=C(N[C@@H](CO)C(=O)OCc4ccccc4)C=CNC3O)nc12. The number of nitrogens with one attached hydrogen (secondary N) is 3. The number of imidazole rings is 2. The van der Waals surface area contributed by atoms with Crippen LogP contribution in [-0.2, 0) is 16.1 Å². The van der Waals surface area contributed by atoms with Crippen LogP contribution in [0.3, 0.4) is 0 Å². The number of aliphatic hydroxyl groups is 2. The van der Waals surface area contributed by atoms with Crippen LogP contribution < -0.4 is 10.6 Å². The van der Waals surface area contributed by atoms with Crippen molar-refractivity contribution in [3.63, 3.8) is 0 Å². The minimum atomic E-state index is -1.09. The van der Waals surface area contributed by atoms with Gasteiger partial charge in [-0.15, -0.1) is 0 Å². The monoisotopic (exact) mass is 486 g/mol. The maximum absolute atomic E-state index is 12.7. The third-order valence-electron chi connectivity index (χ3n) is 5.91. The van der Waals surface area contributed by atoms with Gasteiger partial charge in [0.1, 0.15) is 18.5 Å². The Hall–Kier alpha value is -4.41. The number of aromatic amines is 1. The standard InChI is InChI=1S/C26H26N6O4/c1-16-11-18(32-10-9-27-15-32)12-20-23(16)31-24(30-20)22-19(7-8-28-25(22)34)29-21(13-33)26(35)36-14-17-5-3-2-4-6-17/h2-12,15,21,25,28-29,33-34H,13-14H2,1H3,(H,30,31)/t21-,25?/m0/s1. The number of fused-ring (bicyclic) bond motifs is 1. The lowest BCUT2D eigenvalue weighted by Crippen LogP contribution is -2.42. The summed E-state index contributed by atoms with van der Waals surface area (Å²) in [6.07, 6.45) is 7.42. The van der Waals surface area contributed by atoms with Crippen LogP contribution in [-0.4, -0.2) is 54.6 Å². The summed E-state index contributed by atoms with van der Waals surface area (Å²) in [7, 11) is 0. The number of nitrogens with zero attached hydrogens (tertiary/aromatic N) is 3. The Balaban J connectivity index is 1.44. The van der Waals surface area contributed by atoms with E-state index in [1.807, 2.05) is 60.2 Å². The second-order valence-corrected chi connectivity index (χ2v) is 8.42. The van der Waals surface area contributed by atoms with Crippen LogP contribution in [0.25, 0.3) is 22.3 Å². The molecule has 2 aromatic carbocycles. The maximum atomic E-state index is 12.7. The molecule has 0 saturated carbocycles. The van der Waals surface area contributed by atoms with Crippen molar-refractivity contribution in [2.24, 2.45) is 0 Å². The van der Waals surface area contributed by atoms with Gasteiger partial charge in [-0.3, -0.25) is 0 Å². The number of aryl methyl sites for hydroxylation is 1. The van der Waals surface area contributed by atoms with Crippen LogP contribution in [0.15, 0.2) is 79.2 Å². The molecule has 10 heteroatoms. The van der Waals surface area contributed by atoms with Gasteiger partial charge in [0.2, 0.25) is 0 Å². The normalized spacial score (nSPS) is 16.1. The molecule has 4 aromatic rings. The van der Waals surface area contributed by atoms with E-state index in [2.05, 4.69) is 20.6 Å². The average molecular weight is 487 g/mol. The Kier molecular flexibility index (Phi) is 6.52. The molecule has 0 aliphatic carbocycles. The molecule has 0 amide bonds. The van der Waals surface area contributed by atoms with E-state index >= 15 is 0 Å². The lowest BCUT2D eigenvalue weighted by atomic mass is 10.1. The second kappa shape index (κ2) is 10.1. The fourth-order valence-corrected chi connectivity index (χ4v) is 4.08. The third-order valence-corrected chi connectivity index (χ3v) is 5.91. The van der Waals surface area contributed by atoms with Gasteiger partial charge in [-0.05, 0) is 36.3 Å². The van der Waals surface area contributed by atoms with Crippen LogP contribution in [0, 0.1) is 6.92 Å². The molecule has 2 atom stereocenters. The highest BCUT2D eigenvalue weighted by atomic mass is 16.5. The number of aromatic nitrogens is 4. The fourth-order valence-electron chi connectivity index (χ4n) is 4.08. The molecule has 1 aliphatic rings. The number of carbonyl (C=O) groups is 1. The maximum Gasteiger partial charge on any atom is 0.331 e. The summed E-state index contributed by atoms with van der Waals surface area (Å²) >= 11 is 0. The summed E-state index contributed by atoms with van der Waals surface area (Å²) in [6.45, 7) is 1.56. The van der Waals surface area contributed by atoms with Gasteiger partial charge in [0.15, 0.2) is 6.23 Å². The zero-order valence-electron chi connectivity index (χ0n) is 19.5. The van der Waals surface area contributed by atoms with Crippen molar-refractivity contribution in [1.82, 2.24) is 30.2 Å². The topological polar surface area (TPSA) is 137 Å². The van der Waals surface area contributed by atoms with E-state index in [-0.39, 0.29) is 6.61 Å². The van der Waals surface area contributed by atoms with Crippen LogP contribution >= 0.6 is 0 Å². The van der Waals surface area contributed by atoms with Crippen LogP contribution in [0.4, 0.5) is 0 Å². The molecule has 0 radical (unpaired) electrons. The van der Waals surface area contributed by atoms with Crippen LogP contribution in [0.2, 0.25) is 0 Å². The highest BCUT2D eigenvalue weighted by Gasteiger charge is 2.27. The lowest BCUT2D eigenvalue weighted by molar-refractivity contribution is -0.148. The number of ether oxygens (including phenoxy) is 1. The summed E-state index contributed by atoms with van der Waals surface area (Å²) in [6, 6.07) is 12.2. The Morgan fingerprint density at radius 2 is 2.11 bits per heavy atom. The molecule has 2 aromatic heterocycles. The Labute approximate surface area is 207 Å². The molecule has 3 heterocycles. The van der Waals surface area contributed by atoms with Gasteiger partial charge < -0.3 is 35.1 Å². The number of dihydropyridines is 1. The second-order valence-electron chi connectivity index (χ2n) is 8.42. The number of hydrogen-bond acceptors (Lipinski definition) is 8. The Bertz CT molecular complexity index is 1430. The Morgan fingerprint density at radius 3 is 2.86 bits per heavy atom. The first kappa shape index (κ1) is 23.3. The van der Waals surface area contributed by atoms with Gasteiger partial charge in [-0.25, -0.2) is 14.8 Å². The van der Waals surface area contributed by atoms with E-state index in [9.17, 15) is 15.0 Å². The molecular formula is C26H26N6O4. The predicted octanol–water partition coefficient (Wildman–Crippen LogP) is 1.90. The molecular weight excluding hydrogens is 460 g/mol. The number of rotatable bonds is 8. The summed E-state index contributed by atoms with van der Waals surface area (Å²) in [5.74, 6) is -0.183. The van der Waals surface area contributed by atoms with Crippen LogP contribution in [0.5, 0.6) is 0 Å². The van der Waals surface area contributed by atoms with E-state index in [0.717, 1.165) is 27.8 Å². The molecule has 5 rings (SSSR count). The van der Waals surface area contributed by atoms with Gasteiger partial charge in [0.25, 0.3) is 0 Å². The smallest absolute Gasteiger partial charge is 0.331 e. The highest BCUT2D eigenvalue weighted by Crippen LogP contribution is 2.27. The van der Waals surface area contributed by atoms with Crippen LogP contribution in [0.1, 0.15) is 17.0 Å². The van der Waals surface area contributed by atoms with Crippen molar-refractivity contribution in [3.8, 4) is 5.69 Å². The zero-order valence-corrected chi connectivity index (χ0v) is 19.5. The van der Waals surface area contributed by atoms with Crippen molar-refractivity contribution in [2.75, 3.05) is 6.61 Å². The number of aliphatic hydroxyl groups excluding tert-OH is 2. The minimum Gasteiger partial charge on any atom is -0.459 e. The molecule has 36 heavy (non-hydrogen) atoms. The molecule has 1 unspecified atom stereocenters. The number of H-pyrrole nitrogens is 1. The van der Waals surface area contributed by atoms with Crippen molar-refractivity contribution in [3.05, 3.63) is 96.1 Å². The number of esters is 1. The first-order valence-electron chi connectivity index (χ1n) is 11.5. The van der Waals surface area contributed by atoms with Gasteiger partial charge in [0.05, 0.1) is 29.5 Å². The fraction of sp³-hybridized carbons (Fsp3) is 0.192. The van der Waals surface area contributed by atoms with E-state index in [0.29, 0.717) is 17.1 Å². The highest BCUT2D eigenvalue weighted by molar-refractivity contribution is 5.85. The first-order valence-corrected chi connectivity index (χ1v) is 11.5. The number of benzene rings is 2. The summed E-state index contributed by atoms with van der Waals surface area (Å²) in [5.41, 5.74) is 5.08. The largest absolute Gasteiger partial charge is 0.459 e. The Morgan fingerprint density at radius 1 is 1.28 bits per heavy atom. The molecule has 1 aliphatic heterocycles. The lowest BCUT2D eigenvalue weighted by Gasteiger charge is -2.25. The van der Waals surface area contributed by atoms with Gasteiger partial charge >= 0.3 is 5.97 Å². The van der Waals surface area contributed by atoms with E-state index in [1.54, 1.807) is 24.8 Å². The van der Waals surface area contributed by atoms with Crippen molar-refractivity contribution >= 4 is 22.6 Å². The van der Waals surface area contributed by atoms with E-state index in [1.165, 1.54) is 0 Å². The summed E-state index contributed by atoms with van der Waals surface area (Å²) < 4.78 is 7.28. The van der Waals surface area contributed by atoms with Crippen molar-refractivity contribution in [2.45, 2.75) is 25.8 Å². The molecule has 0 spiro atoms. The molecule has 184 valence electrons.